The van der Waals surface area contributed by atoms with Gasteiger partial charge in [0.15, 0.2) is 0 Å². The van der Waals surface area contributed by atoms with Gasteiger partial charge in [-0.1, -0.05) is 18.9 Å². The number of hydrogen-bond donors (Lipinski definition) is 1. The highest BCUT2D eigenvalue weighted by atomic mass is 16.6. The van der Waals surface area contributed by atoms with Gasteiger partial charge in [-0.2, -0.15) is 0 Å². The normalized spacial score (nSPS) is 17.1. The number of nitro groups is 1. The van der Waals surface area contributed by atoms with Crippen LogP contribution in [-0.2, 0) is 0 Å². The van der Waals surface area contributed by atoms with Crippen molar-refractivity contribution >= 4 is 11.4 Å². The summed E-state index contributed by atoms with van der Waals surface area (Å²) in [5, 5.41) is 20.8. The predicted molar refractivity (Wildman–Crippen MR) is 79.0 cm³/mol. The van der Waals surface area contributed by atoms with Gasteiger partial charge >= 0.3 is 0 Å². The minimum absolute atomic E-state index is 0.0731. The Hall–Kier alpha value is -1.62. The van der Waals surface area contributed by atoms with Crippen LogP contribution in [0.1, 0.15) is 44.3 Å². The lowest BCUT2D eigenvalue weighted by molar-refractivity contribution is -0.384. The molecule has 20 heavy (non-hydrogen) atoms. The zero-order valence-corrected chi connectivity index (χ0v) is 12.1. The quantitative estimate of drug-likeness (QED) is 0.663. The zero-order valence-electron chi connectivity index (χ0n) is 12.1. The summed E-state index contributed by atoms with van der Waals surface area (Å²) in [6.45, 7) is 2.47. The van der Waals surface area contributed by atoms with E-state index < -0.39 is 6.10 Å². The van der Waals surface area contributed by atoms with Gasteiger partial charge in [-0.05, 0) is 37.3 Å². The standard InChI is InChI=1S/C15H22N2O3/c1-11(18)13-7-8-14(15(9-13)17(19)20)16(2)10-12-5-3-4-6-12/h7-9,11-12,18H,3-6,10H2,1-2H3/t11-/m0/s1. The van der Waals surface area contributed by atoms with Crippen LogP contribution in [0.5, 0.6) is 0 Å². The molecule has 1 atom stereocenters. The molecule has 0 radical (unpaired) electrons. The number of aliphatic hydroxyl groups excluding tert-OH is 1. The smallest absolute Gasteiger partial charge is 0.292 e. The van der Waals surface area contributed by atoms with Gasteiger partial charge in [-0.25, -0.2) is 0 Å². The maximum atomic E-state index is 11.2. The van der Waals surface area contributed by atoms with Crippen molar-refractivity contribution < 1.29 is 10.0 Å². The van der Waals surface area contributed by atoms with Crippen LogP contribution in [0.4, 0.5) is 11.4 Å². The van der Waals surface area contributed by atoms with E-state index in [1.807, 2.05) is 11.9 Å². The van der Waals surface area contributed by atoms with Gasteiger partial charge in [0.2, 0.25) is 0 Å². The second-order valence-electron chi connectivity index (χ2n) is 5.71. The highest BCUT2D eigenvalue weighted by Crippen LogP contribution is 2.33. The molecule has 5 nitrogen and oxygen atoms in total. The van der Waals surface area contributed by atoms with Crippen molar-refractivity contribution in [1.82, 2.24) is 0 Å². The van der Waals surface area contributed by atoms with Crippen LogP contribution >= 0.6 is 0 Å². The molecule has 0 bridgehead atoms. The molecule has 0 aliphatic heterocycles. The first-order valence-electron chi connectivity index (χ1n) is 7.16. The van der Waals surface area contributed by atoms with E-state index >= 15 is 0 Å². The Morgan fingerprint density at radius 2 is 2.10 bits per heavy atom. The molecule has 1 aromatic rings. The van der Waals surface area contributed by atoms with E-state index in [4.69, 9.17) is 0 Å². The maximum absolute atomic E-state index is 11.2. The van der Waals surface area contributed by atoms with Gasteiger partial charge in [0.1, 0.15) is 5.69 Å². The Kier molecular flexibility index (Phi) is 4.60. The molecule has 1 aromatic carbocycles. The largest absolute Gasteiger partial charge is 0.389 e. The zero-order chi connectivity index (χ0) is 14.7. The molecule has 1 saturated carbocycles. The lowest BCUT2D eigenvalue weighted by Crippen LogP contribution is -2.24. The second kappa shape index (κ2) is 6.22. The summed E-state index contributed by atoms with van der Waals surface area (Å²) in [6.07, 6.45) is 4.26. The molecule has 0 spiro atoms. The van der Waals surface area contributed by atoms with E-state index in [2.05, 4.69) is 0 Å². The summed E-state index contributed by atoms with van der Waals surface area (Å²) in [5.41, 5.74) is 1.28. The summed E-state index contributed by atoms with van der Waals surface area (Å²) >= 11 is 0. The van der Waals surface area contributed by atoms with Crippen LogP contribution in [-0.4, -0.2) is 23.6 Å². The Bertz CT molecular complexity index is 482. The van der Waals surface area contributed by atoms with Crippen LogP contribution < -0.4 is 4.90 Å². The molecule has 0 unspecified atom stereocenters. The van der Waals surface area contributed by atoms with E-state index in [0.29, 0.717) is 17.2 Å². The van der Waals surface area contributed by atoms with Crippen molar-refractivity contribution in [3.8, 4) is 0 Å². The molecular weight excluding hydrogens is 256 g/mol. The number of hydrogen-bond acceptors (Lipinski definition) is 4. The minimum atomic E-state index is -0.692. The predicted octanol–water partition coefficient (Wildman–Crippen LogP) is 3.27. The summed E-state index contributed by atoms with van der Waals surface area (Å²) in [6, 6.07) is 4.98. The number of aliphatic hydroxyl groups is 1. The SMILES string of the molecule is C[C@H](O)c1ccc(N(C)CC2CCCC2)c([N+](=O)[O-])c1. The third kappa shape index (κ3) is 3.28. The Labute approximate surface area is 119 Å². The lowest BCUT2D eigenvalue weighted by Gasteiger charge is -2.23. The van der Waals surface area contributed by atoms with Crippen LogP contribution in [0.25, 0.3) is 0 Å². The molecule has 5 heteroatoms. The third-order valence-corrected chi connectivity index (χ3v) is 4.10. The average Bonchev–Trinajstić information content (AvgIpc) is 2.90. The highest BCUT2D eigenvalue weighted by Gasteiger charge is 2.22. The first-order chi connectivity index (χ1) is 9.49. The average molecular weight is 278 g/mol. The Morgan fingerprint density at radius 3 is 2.65 bits per heavy atom. The summed E-state index contributed by atoms with van der Waals surface area (Å²) in [5.74, 6) is 0.635. The van der Waals surface area contributed by atoms with Gasteiger partial charge in [-0.15, -0.1) is 0 Å². The van der Waals surface area contributed by atoms with Crippen molar-refractivity contribution in [2.75, 3.05) is 18.5 Å². The van der Waals surface area contributed by atoms with E-state index in [0.717, 1.165) is 6.54 Å². The van der Waals surface area contributed by atoms with Crippen LogP contribution in [0.2, 0.25) is 0 Å². The molecule has 1 fully saturated rings. The van der Waals surface area contributed by atoms with Gasteiger partial charge in [-0.3, -0.25) is 10.1 Å². The molecule has 110 valence electrons. The maximum Gasteiger partial charge on any atom is 0.292 e. The van der Waals surface area contributed by atoms with Crippen molar-refractivity contribution in [3.63, 3.8) is 0 Å². The summed E-state index contributed by atoms with van der Waals surface area (Å²) in [4.78, 5) is 12.8. The fraction of sp³-hybridized carbons (Fsp3) is 0.600. The highest BCUT2D eigenvalue weighted by molar-refractivity contribution is 5.64. The summed E-state index contributed by atoms with van der Waals surface area (Å²) in [7, 11) is 1.91. The number of rotatable bonds is 5. The van der Waals surface area contributed by atoms with Crippen molar-refractivity contribution in [3.05, 3.63) is 33.9 Å². The van der Waals surface area contributed by atoms with Crippen LogP contribution in [0.3, 0.4) is 0 Å². The Morgan fingerprint density at radius 1 is 1.45 bits per heavy atom. The number of nitro benzene ring substituents is 1. The Balaban J connectivity index is 2.22. The number of anilines is 1. The molecule has 1 N–H and O–H groups in total. The summed E-state index contributed by atoms with van der Waals surface area (Å²) < 4.78 is 0. The first-order valence-corrected chi connectivity index (χ1v) is 7.16. The lowest BCUT2D eigenvalue weighted by atomic mass is 10.1. The fourth-order valence-corrected chi connectivity index (χ4v) is 2.95. The first kappa shape index (κ1) is 14.8. The fourth-order valence-electron chi connectivity index (χ4n) is 2.95. The number of benzene rings is 1. The van der Waals surface area contributed by atoms with Crippen LogP contribution in [0, 0.1) is 16.0 Å². The van der Waals surface area contributed by atoms with E-state index in [9.17, 15) is 15.2 Å². The minimum Gasteiger partial charge on any atom is -0.389 e. The molecule has 0 amide bonds. The van der Waals surface area contributed by atoms with Gasteiger partial charge in [0.05, 0.1) is 11.0 Å². The van der Waals surface area contributed by atoms with Gasteiger partial charge in [0, 0.05) is 19.7 Å². The van der Waals surface area contributed by atoms with Crippen molar-refractivity contribution in [1.29, 1.82) is 0 Å². The molecule has 0 saturated heterocycles. The molecule has 2 rings (SSSR count). The van der Waals surface area contributed by atoms with E-state index in [1.54, 1.807) is 19.1 Å². The monoisotopic (exact) mass is 278 g/mol. The van der Waals surface area contributed by atoms with Gasteiger partial charge in [0.25, 0.3) is 5.69 Å². The van der Waals surface area contributed by atoms with Crippen molar-refractivity contribution in [2.24, 2.45) is 5.92 Å². The third-order valence-electron chi connectivity index (χ3n) is 4.10. The molecule has 1 aliphatic rings. The number of nitrogens with zero attached hydrogens (tertiary/aromatic N) is 2. The molecule has 1 aliphatic carbocycles. The molecule has 0 heterocycles. The van der Waals surface area contributed by atoms with Crippen molar-refractivity contribution in [2.45, 2.75) is 38.7 Å². The molecular formula is C15H22N2O3. The van der Waals surface area contributed by atoms with E-state index in [-0.39, 0.29) is 10.6 Å². The topological polar surface area (TPSA) is 66.6 Å². The van der Waals surface area contributed by atoms with E-state index in [1.165, 1.54) is 31.7 Å². The second-order valence-corrected chi connectivity index (χ2v) is 5.71. The van der Waals surface area contributed by atoms with Crippen LogP contribution in [0.15, 0.2) is 18.2 Å². The van der Waals surface area contributed by atoms with Gasteiger partial charge < -0.3 is 10.0 Å². The molecule has 0 aromatic heterocycles.